The van der Waals surface area contributed by atoms with Gasteiger partial charge < -0.3 is 15.4 Å². The van der Waals surface area contributed by atoms with E-state index in [0.717, 1.165) is 12.8 Å². The first-order chi connectivity index (χ1) is 11.2. The van der Waals surface area contributed by atoms with Crippen LogP contribution in [0, 0.1) is 5.92 Å². The van der Waals surface area contributed by atoms with Gasteiger partial charge in [0.15, 0.2) is 0 Å². The molecule has 7 heteroatoms. The van der Waals surface area contributed by atoms with E-state index in [1.165, 1.54) is 13.3 Å². The fourth-order valence-corrected chi connectivity index (χ4v) is 2.04. The average molecular weight is 312 g/mol. The molecule has 0 aromatic carbocycles. The number of carbonyl (C=O) groups is 2. The van der Waals surface area contributed by atoms with Gasteiger partial charge in [-0.2, -0.15) is 0 Å². The molecule has 0 radical (unpaired) electrons. The van der Waals surface area contributed by atoms with Gasteiger partial charge in [0.25, 0.3) is 5.91 Å². The number of pyridine rings is 2. The standard InChI is InChI=1S/C16H16N4O3/c1-23-16-12(3-2-8-17-16)15(22)19-11-6-7-13(18-9-11)20-14(21)10-4-5-10/h2-3,6-10H,4-5H2,1H3,(H,19,22)(H,18,20,21). The minimum absolute atomic E-state index is 0.00520. The van der Waals surface area contributed by atoms with Crippen LogP contribution in [0.1, 0.15) is 23.2 Å². The first-order valence-corrected chi connectivity index (χ1v) is 7.24. The summed E-state index contributed by atoms with van der Waals surface area (Å²) >= 11 is 0. The molecule has 1 aliphatic carbocycles. The highest BCUT2D eigenvalue weighted by atomic mass is 16.5. The molecule has 23 heavy (non-hydrogen) atoms. The van der Waals surface area contributed by atoms with Crippen molar-refractivity contribution < 1.29 is 14.3 Å². The van der Waals surface area contributed by atoms with E-state index in [-0.39, 0.29) is 23.6 Å². The summed E-state index contributed by atoms with van der Waals surface area (Å²) in [7, 11) is 1.46. The number of ether oxygens (including phenoxy) is 1. The normalized spacial score (nSPS) is 13.3. The fourth-order valence-electron chi connectivity index (χ4n) is 2.04. The molecule has 2 heterocycles. The zero-order valence-electron chi connectivity index (χ0n) is 12.6. The van der Waals surface area contributed by atoms with Crippen molar-refractivity contribution in [2.24, 2.45) is 5.92 Å². The zero-order chi connectivity index (χ0) is 16.2. The molecule has 0 atom stereocenters. The highest BCUT2D eigenvalue weighted by molar-refractivity contribution is 6.05. The third-order valence-electron chi connectivity index (χ3n) is 3.43. The van der Waals surface area contributed by atoms with Gasteiger partial charge in [0.05, 0.1) is 19.0 Å². The van der Waals surface area contributed by atoms with Gasteiger partial charge in [-0.3, -0.25) is 9.59 Å². The van der Waals surface area contributed by atoms with E-state index in [1.807, 2.05) is 0 Å². The largest absolute Gasteiger partial charge is 0.480 e. The molecule has 2 N–H and O–H groups in total. The summed E-state index contributed by atoms with van der Waals surface area (Å²) in [5.41, 5.74) is 0.853. The minimum Gasteiger partial charge on any atom is -0.480 e. The molecule has 7 nitrogen and oxygen atoms in total. The summed E-state index contributed by atoms with van der Waals surface area (Å²) in [4.78, 5) is 32.0. The van der Waals surface area contributed by atoms with Crippen molar-refractivity contribution in [1.29, 1.82) is 0 Å². The summed E-state index contributed by atoms with van der Waals surface area (Å²) in [6, 6.07) is 6.61. The number of anilines is 2. The van der Waals surface area contributed by atoms with Gasteiger partial charge in [0.1, 0.15) is 11.4 Å². The minimum atomic E-state index is -0.341. The van der Waals surface area contributed by atoms with Gasteiger partial charge in [0, 0.05) is 12.1 Å². The van der Waals surface area contributed by atoms with Crippen LogP contribution in [0.15, 0.2) is 36.7 Å². The first kappa shape index (κ1) is 15.0. The van der Waals surface area contributed by atoms with Crippen LogP contribution in [-0.4, -0.2) is 28.9 Å². The monoisotopic (exact) mass is 312 g/mol. The SMILES string of the molecule is COc1ncccc1C(=O)Nc1ccc(NC(=O)C2CC2)nc1. The summed E-state index contributed by atoms with van der Waals surface area (Å²) < 4.78 is 5.06. The average Bonchev–Trinajstić information content (AvgIpc) is 3.41. The third kappa shape index (κ3) is 3.63. The molecular formula is C16H16N4O3. The molecule has 0 saturated heterocycles. The van der Waals surface area contributed by atoms with Gasteiger partial charge in [-0.25, -0.2) is 9.97 Å². The Hall–Kier alpha value is -2.96. The molecule has 0 bridgehead atoms. The smallest absolute Gasteiger partial charge is 0.261 e. The van der Waals surface area contributed by atoms with Crippen LogP contribution in [-0.2, 0) is 4.79 Å². The van der Waals surface area contributed by atoms with Gasteiger partial charge >= 0.3 is 0 Å². The van der Waals surface area contributed by atoms with Gasteiger partial charge in [0.2, 0.25) is 11.8 Å². The Morgan fingerprint density at radius 2 is 2.00 bits per heavy atom. The number of hydrogen-bond acceptors (Lipinski definition) is 5. The Balaban J connectivity index is 1.65. The number of methoxy groups -OCH3 is 1. The summed E-state index contributed by atoms with van der Waals surface area (Å²) in [5, 5.41) is 5.46. The maximum absolute atomic E-state index is 12.2. The Labute approximate surface area is 133 Å². The van der Waals surface area contributed by atoms with Crippen LogP contribution in [0.25, 0.3) is 0 Å². The highest BCUT2D eigenvalue weighted by Crippen LogP contribution is 2.30. The molecule has 0 spiro atoms. The van der Waals surface area contributed by atoms with Crippen LogP contribution in [0.2, 0.25) is 0 Å². The molecule has 2 amide bonds. The number of carbonyl (C=O) groups excluding carboxylic acids is 2. The predicted octanol–water partition coefficient (Wildman–Crippen LogP) is 2.09. The Kier molecular flexibility index (Phi) is 4.18. The number of nitrogens with one attached hydrogen (secondary N) is 2. The maximum atomic E-state index is 12.2. The van der Waals surface area contributed by atoms with E-state index in [2.05, 4.69) is 20.6 Å². The lowest BCUT2D eigenvalue weighted by molar-refractivity contribution is -0.117. The van der Waals surface area contributed by atoms with Gasteiger partial charge in [-0.1, -0.05) is 0 Å². The van der Waals surface area contributed by atoms with E-state index in [4.69, 9.17) is 4.74 Å². The Bertz CT molecular complexity index is 726. The molecule has 2 aromatic rings. The maximum Gasteiger partial charge on any atom is 0.261 e. The van der Waals surface area contributed by atoms with Crippen LogP contribution in [0.5, 0.6) is 5.88 Å². The zero-order valence-corrected chi connectivity index (χ0v) is 12.6. The molecule has 1 aliphatic rings. The van der Waals surface area contributed by atoms with Crippen LogP contribution in [0.4, 0.5) is 11.5 Å². The van der Waals surface area contributed by atoms with Crippen molar-refractivity contribution in [1.82, 2.24) is 9.97 Å². The molecular weight excluding hydrogens is 296 g/mol. The summed E-state index contributed by atoms with van der Waals surface area (Å²) in [5.74, 6) is 0.500. The van der Waals surface area contributed by atoms with Crippen LogP contribution < -0.4 is 15.4 Å². The summed E-state index contributed by atoms with van der Waals surface area (Å²) in [6.45, 7) is 0. The lowest BCUT2D eigenvalue weighted by Crippen LogP contribution is -2.15. The molecule has 118 valence electrons. The van der Waals surface area contributed by atoms with Crippen molar-refractivity contribution in [3.05, 3.63) is 42.2 Å². The summed E-state index contributed by atoms with van der Waals surface area (Å²) in [6.07, 6.45) is 4.91. The quantitative estimate of drug-likeness (QED) is 0.881. The topological polar surface area (TPSA) is 93.2 Å². The number of rotatable bonds is 5. The third-order valence-corrected chi connectivity index (χ3v) is 3.43. The van der Waals surface area contributed by atoms with Crippen LogP contribution >= 0.6 is 0 Å². The predicted molar refractivity (Wildman–Crippen MR) is 84.3 cm³/mol. The Morgan fingerprint density at radius 1 is 1.17 bits per heavy atom. The van der Waals surface area contributed by atoms with E-state index in [0.29, 0.717) is 17.1 Å². The highest BCUT2D eigenvalue weighted by Gasteiger charge is 2.29. The van der Waals surface area contributed by atoms with Crippen molar-refractivity contribution in [2.45, 2.75) is 12.8 Å². The fraction of sp³-hybridized carbons (Fsp3) is 0.250. The first-order valence-electron chi connectivity index (χ1n) is 7.24. The van der Waals surface area contributed by atoms with Crippen molar-refractivity contribution in [2.75, 3.05) is 17.7 Å². The molecule has 0 aliphatic heterocycles. The molecule has 3 rings (SSSR count). The van der Waals surface area contributed by atoms with Crippen LogP contribution in [0.3, 0.4) is 0 Å². The van der Waals surface area contributed by atoms with E-state index in [9.17, 15) is 9.59 Å². The molecule has 0 unspecified atom stereocenters. The number of nitrogens with zero attached hydrogens (tertiary/aromatic N) is 2. The van der Waals surface area contributed by atoms with Gasteiger partial charge in [-0.05, 0) is 37.1 Å². The Morgan fingerprint density at radius 3 is 2.65 bits per heavy atom. The van der Waals surface area contributed by atoms with Gasteiger partial charge in [-0.15, -0.1) is 0 Å². The molecule has 1 fully saturated rings. The lowest BCUT2D eigenvalue weighted by Gasteiger charge is -2.09. The lowest BCUT2D eigenvalue weighted by atomic mass is 10.2. The van der Waals surface area contributed by atoms with Crippen molar-refractivity contribution in [3.63, 3.8) is 0 Å². The van der Waals surface area contributed by atoms with E-state index < -0.39 is 0 Å². The molecule has 2 aromatic heterocycles. The number of amides is 2. The van der Waals surface area contributed by atoms with E-state index in [1.54, 1.807) is 30.5 Å². The number of hydrogen-bond donors (Lipinski definition) is 2. The van der Waals surface area contributed by atoms with Crippen molar-refractivity contribution >= 4 is 23.3 Å². The van der Waals surface area contributed by atoms with E-state index >= 15 is 0 Å². The van der Waals surface area contributed by atoms with Crippen molar-refractivity contribution in [3.8, 4) is 5.88 Å². The number of aromatic nitrogens is 2. The molecule has 1 saturated carbocycles. The second-order valence-corrected chi connectivity index (χ2v) is 5.21. The second-order valence-electron chi connectivity index (χ2n) is 5.21. The second kappa shape index (κ2) is 6.43.